The molecule has 1 aromatic carbocycles. The van der Waals surface area contributed by atoms with Gasteiger partial charge in [-0.2, -0.15) is 6.07 Å². The summed E-state index contributed by atoms with van der Waals surface area (Å²) in [4.78, 5) is 15.0. The maximum atomic E-state index is 4.61. The molecule has 0 atom stereocenters. The number of rotatable bonds is 2. The van der Waals surface area contributed by atoms with Crippen LogP contribution in [0.4, 0.5) is 0 Å². The van der Waals surface area contributed by atoms with Crippen molar-refractivity contribution in [3.05, 3.63) is 101 Å². The fourth-order valence-electron chi connectivity index (χ4n) is 4.11. The van der Waals surface area contributed by atoms with Crippen LogP contribution in [0.25, 0.3) is 32.7 Å². The van der Waals surface area contributed by atoms with Gasteiger partial charge in [-0.3, -0.25) is 4.98 Å². The molecule has 5 heteroatoms. The van der Waals surface area contributed by atoms with Gasteiger partial charge in [-0.25, -0.2) is 11.3 Å². The molecular formula is C29H25IrN3S-2. The molecule has 1 aliphatic carbocycles. The van der Waals surface area contributed by atoms with Gasteiger partial charge in [0.2, 0.25) is 0 Å². The maximum Gasteiger partial charge on any atom is 0.0285 e. The fraction of sp³-hybridized carbons (Fsp3) is 0.207. The van der Waals surface area contributed by atoms with Gasteiger partial charge < -0.3 is 9.97 Å². The van der Waals surface area contributed by atoms with Crippen molar-refractivity contribution in [1.29, 1.82) is 0 Å². The predicted molar refractivity (Wildman–Crippen MR) is 136 cm³/mol. The molecule has 0 fully saturated rings. The number of benzene rings is 1. The molecule has 0 aliphatic heterocycles. The van der Waals surface area contributed by atoms with Crippen LogP contribution in [0, 0.1) is 26.0 Å². The topological polar surface area (TPSA) is 38.7 Å². The van der Waals surface area contributed by atoms with E-state index in [1.807, 2.05) is 66.2 Å². The molecule has 4 heterocycles. The molecule has 0 bridgehead atoms. The molecule has 0 N–H and O–H groups in total. The third kappa shape index (κ3) is 5.17. The molecule has 0 saturated heterocycles. The largest absolute Gasteiger partial charge is 0.320 e. The summed E-state index contributed by atoms with van der Waals surface area (Å²) in [5.41, 5.74) is 9.31. The van der Waals surface area contributed by atoms with E-state index in [0.717, 1.165) is 22.5 Å². The van der Waals surface area contributed by atoms with Gasteiger partial charge in [0.15, 0.2) is 0 Å². The minimum absolute atomic E-state index is 0. The second kappa shape index (κ2) is 11.1. The van der Waals surface area contributed by atoms with Crippen molar-refractivity contribution >= 4 is 21.6 Å². The van der Waals surface area contributed by atoms with E-state index in [0.29, 0.717) is 0 Å². The fourth-order valence-corrected chi connectivity index (χ4v) is 5.46. The van der Waals surface area contributed by atoms with Gasteiger partial charge in [-0.1, -0.05) is 23.8 Å². The number of fused-ring (bicyclic) bond motifs is 3. The first-order valence-corrected chi connectivity index (χ1v) is 12.1. The van der Waals surface area contributed by atoms with Crippen LogP contribution in [0.1, 0.15) is 34.4 Å². The molecule has 6 rings (SSSR count). The summed E-state index contributed by atoms with van der Waals surface area (Å²) >= 11 is 1.90. The molecule has 173 valence electrons. The first kappa shape index (κ1) is 24.4. The SMILES string of the molecule is Cc1cnc(-c2[c-]cnc3c4c(sc23)CCCC4)cc1C.[Ir].[c-]1ccccc1-c1ccccn1. The van der Waals surface area contributed by atoms with Gasteiger partial charge >= 0.3 is 0 Å². The Bertz CT molecular complexity index is 1340. The predicted octanol–water partition coefficient (Wildman–Crippen LogP) is 7.20. The summed E-state index contributed by atoms with van der Waals surface area (Å²) in [5, 5.41) is 0. The quantitative estimate of drug-likeness (QED) is 0.192. The summed E-state index contributed by atoms with van der Waals surface area (Å²) in [5.74, 6) is 0. The molecular weight excluding hydrogens is 615 g/mol. The second-order valence-corrected chi connectivity index (χ2v) is 9.42. The first-order chi connectivity index (χ1) is 16.2. The van der Waals surface area contributed by atoms with Crippen molar-refractivity contribution in [3.8, 4) is 22.5 Å². The Kier molecular flexibility index (Phi) is 7.99. The molecule has 4 aromatic heterocycles. The number of thiophene rings is 1. The number of aryl methyl sites for hydroxylation is 4. The third-order valence-electron chi connectivity index (χ3n) is 6.05. The Balaban J connectivity index is 0.000000180. The molecule has 0 amide bonds. The molecule has 0 spiro atoms. The van der Waals surface area contributed by atoms with Crippen LogP contribution in [-0.4, -0.2) is 15.0 Å². The van der Waals surface area contributed by atoms with E-state index in [2.05, 4.69) is 47.0 Å². The number of aromatic nitrogens is 3. The molecule has 0 saturated carbocycles. The van der Waals surface area contributed by atoms with E-state index in [1.54, 1.807) is 6.20 Å². The summed E-state index contributed by atoms with van der Waals surface area (Å²) in [6, 6.07) is 22.3. The van der Waals surface area contributed by atoms with Crippen molar-refractivity contribution in [1.82, 2.24) is 15.0 Å². The van der Waals surface area contributed by atoms with Crippen molar-refractivity contribution in [2.45, 2.75) is 39.5 Å². The smallest absolute Gasteiger partial charge is 0.0285 e. The van der Waals surface area contributed by atoms with Crippen LogP contribution in [0.15, 0.2) is 67.1 Å². The Morgan fingerprint density at radius 3 is 2.47 bits per heavy atom. The van der Waals surface area contributed by atoms with Gasteiger partial charge in [0.25, 0.3) is 0 Å². The second-order valence-electron chi connectivity index (χ2n) is 8.31. The average Bonchev–Trinajstić information content (AvgIpc) is 3.26. The third-order valence-corrected chi connectivity index (χ3v) is 7.35. The summed E-state index contributed by atoms with van der Waals surface area (Å²) in [6.07, 6.45) is 10.5. The standard InChI is InChI=1S/C18H17N2S.C11H8N.Ir/c1-11-9-15(20-10-12(11)2)13-7-8-19-17-14-5-3-4-6-16(14)21-18(13)17;1-2-6-10(7-3-1)11-8-4-5-9-12-11;/h8-10H,3-6H2,1-2H3;1-6,8-9H;/q2*-1;. The van der Waals surface area contributed by atoms with E-state index in [4.69, 9.17) is 0 Å². The van der Waals surface area contributed by atoms with Gasteiger partial charge in [0.1, 0.15) is 0 Å². The average molecular weight is 640 g/mol. The Morgan fingerprint density at radius 1 is 0.853 bits per heavy atom. The Hall–Kier alpha value is -2.72. The maximum absolute atomic E-state index is 4.61. The Morgan fingerprint density at radius 2 is 1.71 bits per heavy atom. The number of pyridine rings is 3. The zero-order valence-electron chi connectivity index (χ0n) is 19.3. The molecule has 5 aromatic rings. The monoisotopic (exact) mass is 640 g/mol. The van der Waals surface area contributed by atoms with Crippen LogP contribution in [0.5, 0.6) is 0 Å². The minimum atomic E-state index is 0. The first-order valence-electron chi connectivity index (χ1n) is 11.3. The zero-order chi connectivity index (χ0) is 22.6. The minimum Gasteiger partial charge on any atom is -0.320 e. The molecule has 0 unspecified atom stereocenters. The molecule has 34 heavy (non-hydrogen) atoms. The van der Waals surface area contributed by atoms with Crippen LogP contribution in [0.3, 0.4) is 0 Å². The number of hydrogen-bond acceptors (Lipinski definition) is 4. The van der Waals surface area contributed by atoms with Gasteiger partial charge in [0, 0.05) is 38.0 Å². The summed E-state index contributed by atoms with van der Waals surface area (Å²) < 4.78 is 1.26. The van der Waals surface area contributed by atoms with Crippen LogP contribution >= 0.6 is 11.3 Å². The van der Waals surface area contributed by atoms with E-state index in [-0.39, 0.29) is 20.1 Å². The van der Waals surface area contributed by atoms with Crippen LogP contribution < -0.4 is 0 Å². The van der Waals surface area contributed by atoms with Crippen molar-refractivity contribution in [3.63, 3.8) is 0 Å². The van der Waals surface area contributed by atoms with E-state index in [1.165, 1.54) is 57.5 Å². The molecule has 3 nitrogen and oxygen atoms in total. The van der Waals surface area contributed by atoms with E-state index >= 15 is 0 Å². The summed E-state index contributed by atoms with van der Waals surface area (Å²) in [6.45, 7) is 4.24. The van der Waals surface area contributed by atoms with E-state index < -0.39 is 0 Å². The summed E-state index contributed by atoms with van der Waals surface area (Å²) in [7, 11) is 0. The van der Waals surface area contributed by atoms with Crippen LogP contribution in [-0.2, 0) is 32.9 Å². The molecule has 1 radical (unpaired) electrons. The Labute approximate surface area is 218 Å². The number of hydrogen-bond donors (Lipinski definition) is 0. The van der Waals surface area contributed by atoms with Gasteiger partial charge in [0.05, 0.1) is 0 Å². The van der Waals surface area contributed by atoms with Crippen molar-refractivity contribution in [2.24, 2.45) is 0 Å². The van der Waals surface area contributed by atoms with Gasteiger partial charge in [-0.15, -0.1) is 41.5 Å². The van der Waals surface area contributed by atoms with Crippen LogP contribution in [0.2, 0.25) is 0 Å². The molecule has 1 aliphatic rings. The number of nitrogens with zero attached hydrogens (tertiary/aromatic N) is 3. The van der Waals surface area contributed by atoms with Crippen molar-refractivity contribution in [2.75, 3.05) is 0 Å². The zero-order valence-corrected chi connectivity index (χ0v) is 22.5. The van der Waals surface area contributed by atoms with Gasteiger partial charge in [-0.05, 0) is 83.9 Å². The van der Waals surface area contributed by atoms with Crippen molar-refractivity contribution < 1.29 is 20.1 Å². The normalized spacial score (nSPS) is 12.3. The van der Waals surface area contributed by atoms with E-state index in [9.17, 15) is 0 Å².